The highest BCUT2D eigenvalue weighted by molar-refractivity contribution is 5.79. The van der Waals surface area contributed by atoms with E-state index in [9.17, 15) is 9.59 Å². The summed E-state index contributed by atoms with van der Waals surface area (Å²) in [7, 11) is 0. The van der Waals surface area contributed by atoms with Crippen LogP contribution in [0.25, 0.3) is 0 Å². The Morgan fingerprint density at radius 1 is 1.38 bits per heavy atom. The fourth-order valence-corrected chi connectivity index (χ4v) is 2.61. The predicted octanol–water partition coefficient (Wildman–Crippen LogP) is 1.94. The SMILES string of the molecule is Cc1cccc(OCCC(=O)N2CC(C)C(C(=O)O)C2)c1. The van der Waals surface area contributed by atoms with Crippen molar-refractivity contribution >= 4 is 11.9 Å². The second-order valence-electron chi connectivity index (χ2n) is 5.64. The van der Waals surface area contributed by atoms with E-state index in [4.69, 9.17) is 9.84 Å². The lowest BCUT2D eigenvalue weighted by molar-refractivity contribution is -0.142. The second kappa shape index (κ2) is 6.61. The molecule has 2 rings (SSSR count). The molecule has 2 atom stereocenters. The molecule has 0 aromatic heterocycles. The van der Waals surface area contributed by atoms with Gasteiger partial charge in [-0.05, 0) is 30.5 Å². The molecule has 0 aliphatic carbocycles. The number of benzene rings is 1. The fourth-order valence-electron chi connectivity index (χ4n) is 2.61. The number of hydrogen-bond acceptors (Lipinski definition) is 3. The van der Waals surface area contributed by atoms with Crippen LogP contribution in [0.2, 0.25) is 0 Å². The van der Waals surface area contributed by atoms with Crippen molar-refractivity contribution in [2.24, 2.45) is 11.8 Å². The van der Waals surface area contributed by atoms with E-state index in [1.54, 1.807) is 4.90 Å². The molecule has 21 heavy (non-hydrogen) atoms. The van der Waals surface area contributed by atoms with Gasteiger partial charge in [0.15, 0.2) is 0 Å². The van der Waals surface area contributed by atoms with Crippen LogP contribution in [0, 0.1) is 18.8 Å². The van der Waals surface area contributed by atoms with E-state index in [2.05, 4.69) is 0 Å². The lowest BCUT2D eigenvalue weighted by atomic mass is 9.99. The van der Waals surface area contributed by atoms with E-state index in [1.165, 1.54) is 0 Å². The molecule has 114 valence electrons. The van der Waals surface area contributed by atoms with Crippen LogP contribution in [0.3, 0.4) is 0 Å². The van der Waals surface area contributed by atoms with Crippen LogP contribution in [0.5, 0.6) is 5.75 Å². The minimum Gasteiger partial charge on any atom is -0.493 e. The molecule has 2 unspecified atom stereocenters. The summed E-state index contributed by atoms with van der Waals surface area (Å²) in [5, 5.41) is 9.07. The van der Waals surface area contributed by atoms with Crippen LogP contribution < -0.4 is 4.74 Å². The van der Waals surface area contributed by atoms with Crippen molar-refractivity contribution in [3.05, 3.63) is 29.8 Å². The van der Waals surface area contributed by atoms with Gasteiger partial charge in [-0.2, -0.15) is 0 Å². The Morgan fingerprint density at radius 3 is 2.76 bits per heavy atom. The molecule has 1 aromatic carbocycles. The van der Waals surface area contributed by atoms with Crippen molar-refractivity contribution in [3.63, 3.8) is 0 Å². The normalized spacial score (nSPS) is 21.3. The number of aryl methyl sites for hydroxylation is 1. The number of carbonyl (C=O) groups excluding carboxylic acids is 1. The Labute approximate surface area is 124 Å². The lowest BCUT2D eigenvalue weighted by Gasteiger charge is -2.16. The van der Waals surface area contributed by atoms with Gasteiger partial charge in [0, 0.05) is 13.1 Å². The van der Waals surface area contributed by atoms with Crippen LogP contribution in [-0.4, -0.2) is 41.6 Å². The van der Waals surface area contributed by atoms with E-state index in [0.29, 0.717) is 19.7 Å². The third-order valence-corrected chi connectivity index (χ3v) is 3.86. The van der Waals surface area contributed by atoms with Gasteiger partial charge in [0.2, 0.25) is 5.91 Å². The Hall–Kier alpha value is -2.04. The average Bonchev–Trinajstić information content (AvgIpc) is 2.81. The van der Waals surface area contributed by atoms with Crippen molar-refractivity contribution in [1.29, 1.82) is 0 Å². The molecule has 1 N–H and O–H groups in total. The standard InChI is InChI=1S/C16H21NO4/c1-11-4-3-5-13(8-11)21-7-6-15(18)17-9-12(2)14(10-17)16(19)20/h3-5,8,12,14H,6-7,9-10H2,1-2H3,(H,19,20). The molecule has 1 saturated heterocycles. The predicted molar refractivity (Wildman–Crippen MR) is 78.2 cm³/mol. The topological polar surface area (TPSA) is 66.8 Å². The summed E-state index contributed by atoms with van der Waals surface area (Å²) >= 11 is 0. The third kappa shape index (κ3) is 3.97. The van der Waals surface area contributed by atoms with Crippen LogP contribution in [0.4, 0.5) is 0 Å². The second-order valence-corrected chi connectivity index (χ2v) is 5.64. The number of amides is 1. The maximum absolute atomic E-state index is 12.1. The summed E-state index contributed by atoms with van der Waals surface area (Å²) in [6.45, 7) is 4.98. The van der Waals surface area contributed by atoms with Crippen molar-refractivity contribution < 1.29 is 19.4 Å². The number of hydrogen-bond donors (Lipinski definition) is 1. The van der Waals surface area contributed by atoms with Crippen LogP contribution in [0.1, 0.15) is 18.9 Å². The number of carboxylic acid groups (broad SMARTS) is 1. The number of nitrogens with zero attached hydrogens (tertiary/aromatic N) is 1. The van der Waals surface area contributed by atoms with Gasteiger partial charge in [0.1, 0.15) is 5.75 Å². The van der Waals surface area contributed by atoms with Crippen molar-refractivity contribution in [3.8, 4) is 5.75 Å². The van der Waals surface area contributed by atoms with E-state index >= 15 is 0 Å². The number of ether oxygens (including phenoxy) is 1. The third-order valence-electron chi connectivity index (χ3n) is 3.86. The minimum absolute atomic E-state index is 0.00383. The van der Waals surface area contributed by atoms with E-state index in [1.807, 2.05) is 38.1 Å². The Kier molecular flexibility index (Phi) is 4.83. The first-order valence-corrected chi connectivity index (χ1v) is 7.17. The number of aliphatic carboxylic acids is 1. The molecule has 0 radical (unpaired) electrons. The molecule has 5 nitrogen and oxygen atoms in total. The maximum Gasteiger partial charge on any atom is 0.308 e. The summed E-state index contributed by atoms with van der Waals surface area (Å²) in [5.41, 5.74) is 1.11. The van der Waals surface area contributed by atoms with Gasteiger partial charge >= 0.3 is 5.97 Å². The quantitative estimate of drug-likeness (QED) is 0.900. The van der Waals surface area contributed by atoms with Crippen LogP contribution in [0.15, 0.2) is 24.3 Å². The van der Waals surface area contributed by atoms with Crippen LogP contribution >= 0.6 is 0 Å². The molecule has 0 bridgehead atoms. The zero-order valence-electron chi connectivity index (χ0n) is 12.4. The van der Waals surface area contributed by atoms with E-state index in [-0.39, 0.29) is 18.2 Å². The smallest absolute Gasteiger partial charge is 0.308 e. The molecule has 0 spiro atoms. The first-order chi connectivity index (χ1) is 9.97. The first kappa shape index (κ1) is 15.4. The fraction of sp³-hybridized carbons (Fsp3) is 0.500. The Bertz CT molecular complexity index is 529. The van der Waals surface area contributed by atoms with Gasteiger partial charge in [-0.1, -0.05) is 19.1 Å². The molecule has 1 aliphatic heterocycles. The van der Waals surface area contributed by atoms with Crippen molar-refractivity contribution in [1.82, 2.24) is 4.90 Å². The van der Waals surface area contributed by atoms with Gasteiger partial charge in [0.25, 0.3) is 0 Å². The number of carbonyl (C=O) groups is 2. The van der Waals surface area contributed by atoms with Gasteiger partial charge in [0.05, 0.1) is 18.9 Å². The summed E-state index contributed by atoms with van der Waals surface area (Å²) in [6.07, 6.45) is 0.271. The number of carboxylic acids is 1. The Balaban J connectivity index is 1.79. The summed E-state index contributed by atoms with van der Waals surface area (Å²) in [5.74, 6) is -0.566. The first-order valence-electron chi connectivity index (χ1n) is 7.17. The zero-order valence-corrected chi connectivity index (χ0v) is 12.4. The molecule has 1 amide bonds. The van der Waals surface area contributed by atoms with Crippen molar-refractivity contribution in [2.75, 3.05) is 19.7 Å². The number of likely N-dealkylation sites (tertiary alicyclic amines) is 1. The van der Waals surface area contributed by atoms with Gasteiger partial charge in [-0.15, -0.1) is 0 Å². The summed E-state index contributed by atoms with van der Waals surface area (Å²) < 4.78 is 5.55. The molecule has 1 fully saturated rings. The minimum atomic E-state index is -0.825. The van der Waals surface area contributed by atoms with E-state index in [0.717, 1.165) is 11.3 Å². The molecular weight excluding hydrogens is 270 g/mol. The monoisotopic (exact) mass is 291 g/mol. The van der Waals surface area contributed by atoms with Crippen LogP contribution in [-0.2, 0) is 9.59 Å². The number of rotatable bonds is 5. The lowest BCUT2D eigenvalue weighted by Crippen LogP contribution is -2.30. The Morgan fingerprint density at radius 2 is 2.14 bits per heavy atom. The zero-order chi connectivity index (χ0) is 15.4. The van der Waals surface area contributed by atoms with Gasteiger partial charge < -0.3 is 14.7 Å². The highest BCUT2D eigenvalue weighted by Crippen LogP contribution is 2.23. The molecule has 1 aromatic rings. The van der Waals surface area contributed by atoms with Gasteiger partial charge in [-0.3, -0.25) is 9.59 Å². The van der Waals surface area contributed by atoms with E-state index < -0.39 is 11.9 Å². The van der Waals surface area contributed by atoms with Crippen molar-refractivity contribution in [2.45, 2.75) is 20.3 Å². The molecule has 1 heterocycles. The highest BCUT2D eigenvalue weighted by Gasteiger charge is 2.36. The summed E-state index contributed by atoms with van der Waals surface area (Å²) in [4.78, 5) is 24.7. The molecule has 0 saturated carbocycles. The highest BCUT2D eigenvalue weighted by atomic mass is 16.5. The molecule has 5 heteroatoms. The largest absolute Gasteiger partial charge is 0.493 e. The van der Waals surface area contributed by atoms with Gasteiger partial charge in [-0.25, -0.2) is 0 Å². The molecule has 1 aliphatic rings. The molecular formula is C16H21NO4. The summed E-state index contributed by atoms with van der Waals surface area (Å²) in [6, 6.07) is 7.67. The maximum atomic E-state index is 12.1. The average molecular weight is 291 g/mol.